The van der Waals surface area contributed by atoms with E-state index in [1.165, 1.54) is 0 Å². The van der Waals surface area contributed by atoms with Crippen molar-refractivity contribution < 1.29 is 17.9 Å². The first kappa shape index (κ1) is 24.6. The summed E-state index contributed by atoms with van der Waals surface area (Å²) in [7, 11) is -1.98. The average Bonchev–Trinajstić information content (AvgIpc) is 2.92. The Hall–Kier alpha value is -3.10. The zero-order valence-corrected chi connectivity index (χ0v) is 21.7. The summed E-state index contributed by atoms with van der Waals surface area (Å²) in [6.45, 7) is 5.49. The second-order valence-electron chi connectivity index (χ2n) is 9.75. The van der Waals surface area contributed by atoms with Crippen molar-refractivity contribution in [2.45, 2.75) is 24.7 Å². The first-order chi connectivity index (χ1) is 17.4. The van der Waals surface area contributed by atoms with E-state index in [1.807, 2.05) is 47.4 Å². The van der Waals surface area contributed by atoms with Gasteiger partial charge in [0.2, 0.25) is 10.0 Å². The molecule has 0 unspecified atom stereocenters. The number of ether oxygens (including phenoxy) is 1. The first-order valence-corrected chi connectivity index (χ1v) is 14.0. The topological polar surface area (TPSA) is 70.2 Å². The highest BCUT2D eigenvalue weighted by Gasteiger charge is 2.31. The number of fused-ring (bicyclic) bond motifs is 1. The molecule has 2 saturated heterocycles. The molecule has 36 heavy (non-hydrogen) atoms. The standard InChI is InChI=1S/C28H33N3O4S/c1-21-7-6-14-31(20-21)36(33,34)23-12-13-27(35-2)26(19-23)29-15-17-30(18-16-29)28(32)25-11-5-9-22-8-3-4-10-24(22)25/h3-5,8-13,19,21H,6-7,14-18,20H2,1-2H3/t21-/m0/s1. The van der Waals surface area contributed by atoms with Gasteiger partial charge in [-0.3, -0.25) is 4.79 Å². The predicted octanol–water partition coefficient (Wildman–Crippen LogP) is 4.23. The molecule has 0 N–H and O–H groups in total. The van der Waals surface area contributed by atoms with E-state index < -0.39 is 10.0 Å². The number of nitrogens with zero attached hydrogens (tertiary/aromatic N) is 3. The number of sulfonamides is 1. The number of rotatable bonds is 5. The summed E-state index contributed by atoms with van der Waals surface area (Å²) in [4.78, 5) is 17.6. The van der Waals surface area contributed by atoms with Crippen molar-refractivity contribution >= 4 is 32.4 Å². The van der Waals surface area contributed by atoms with Gasteiger partial charge in [-0.05, 0) is 53.8 Å². The van der Waals surface area contributed by atoms with Crippen molar-refractivity contribution in [1.29, 1.82) is 0 Å². The number of hydrogen-bond acceptors (Lipinski definition) is 5. The Bertz CT molecular complexity index is 1360. The van der Waals surface area contributed by atoms with Gasteiger partial charge in [-0.25, -0.2) is 8.42 Å². The van der Waals surface area contributed by atoms with Crippen LogP contribution >= 0.6 is 0 Å². The number of amides is 1. The average molecular weight is 508 g/mol. The molecular weight excluding hydrogens is 474 g/mol. The maximum Gasteiger partial charge on any atom is 0.254 e. The fraction of sp³-hybridized carbons (Fsp3) is 0.393. The van der Waals surface area contributed by atoms with E-state index in [4.69, 9.17) is 4.74 Å². The molecule has 0 spiro atoms. The minimum absolute atomic E-state index is 0.0222. The van der Waals surface area contributed by atoms with Crippen molar-refractivity contribution in [3.05, 3.63) is 66.2 Å². The lowest BCUT2D eigenvalue weighted by Gasteiger charge is -2.37. The molecule has 2 fully saturated rings. The smallest absolute Gasteiger partial charge is 0.254 e. The first-order valence-electron chi connectivity index (χ1n) is 12.6. The lowest BCUT2D eigenvalue weighted by atomic mass is 10.0. The Morgan fingerprint density at radius 1 is 0.944 bits per heavy atom. The van der Waals surface area contributed by atoms with Crippen LogP contribution in [0, 0.1) is 5.92 Å². The quantitative estimate of drug-likeness (QED) is 0.517. The molecule has 7 nitrogen and oxygen atoms in total. The largest absolute Gasteiger partial charge is 0.495 e. The third-order valence-corrected chi connectivity index (χ3v) is 9.20. The van der Waals surface area contributed by atoms with Gasteiger partial charge in [0.1, 0.15) is 5.75 Å². The molecule has 2 heterocycles. The normalized spacial score (nSPS) is 19.4. The summed E-state index contributed by atoms with van der Waals surface area (Å²) in [6, 6.07) is 18.9. The van der Waals surface area contributed by atoms with Crippen molar-refractivity contribution in [3.8, 4) is 5.75 Å². The van der Waals surface area contributed by atoms with Gasteiger partial charge in [0, 0.05) is 44.8 Å². The van der Waals surface area contributed by atoms with E-state index in [-0.39, 0.29) is 5.91 Å². The number of hydrogen-bond donors (Lipinski definition) is 0. The molecule has 0 aromatic heterocycles. The Kier molecular flexibility index (Phi) is 6.90. The Balaban J connectivity index is 1.35. The minimum atomic E-state index is -3.58. The van der Waals surface area contributed by atoms with Crippen LogP contribution in [0.15, 0.2) is 65.6 Å². The molecule has 3 aromatic rings. The zero-order valence-electron chi connectivity index (χ0n) is 20.9. The molecule has 5 rings (SSSR count). The minimum Gasteiger partial charge on any atom is -0.495 e. The van der Waals surface area contributed by atoms with Crippen LogP contribution in [0.5, 0.6) is 5.75 Å². The highest BCUT2D eigenvalue weighted by Crippen LogP contribution is 2.34. The van der Waals surface area contributed by atoms with Gasteiger partial charge in [0.25, 0.3) is 5.91 Å². The number of anilines is 1. The van der Waals surface area contributed by atoms with Crippen LogP contribution in [-0.2, 0) is 10.0 Å². The third-order valence-electron chi connectivity index (χ3n) is 7.34. The number of carbonyl (C=O) groups excluding carboxylic acids is 1. The van der Waals surface area contributed by atoms with Crippen molar-refractivity contribution in [2.24, 2.45) is 5.92 Å². The molecule has 2 aliphatic rings. The molecule has 1 amide bonds. The van der Waals surface area contributed by atoms with Gasteiger partial charge in [0.05, 0.1) is 17.7 Å². The van der Waals surface area contributed by atoms with Gasteiger partial charge in [-0.2, -0.15) is 4.31 Å². The van der Waals surface area contributed by atoms with Crippen LogP contribution in [0.25, 0.3) is 10.8 Å². The summed E-state index contributed by atoms with van der Waals surface area (Å²) in [5, 5.41) is 2.01. The fourth-order valence-electron chi connectivity index (χ4n) is 5.32. The summed E-state index contributed by atoms with van der Waals surface area (Å²) < 4.78 is 34.0. The van der Waals surface area contributed by atoms with Crippen LogP contribution in [0.2, 0.25) is 0 Å². The molecule has 1 atom stereocenters. The number of carbonyl (C=O) groups is 1. The number of piperidine rings is 1. The van der Waals surface area contributed by atoms with E-state index in [2.05, 4.69) is 11.8 Å². The molecule has 2 aliphatic heterocycles. The van der Waals surface area contributed by atoms with E-state index in [0.717, 1.165) is 29.3 Å². The summed E-state index contributed by atoms with van der Waals surface area (Å²) in [5.41, 5.74) is 1.46. The SMILES string of the molecule is COc1ccc(S(=O)(=O)N2CCC[C@H](C)C2)cc1N1CCN(C(=O)c2cccc3ccccc23)CC1. The van der Waals surface area contributed by atoms with Crippen molar-refractivity contribution in [1.82, 2.24) is 9.21 Å². The molecule has 190 valence electrons. The summed E-state index contributed by atoms with van der Waals surface area (Å²) >= 11 is 0. The van der Waals surface area contributed by atoms with Gasteiger partial charge in [-0.15, -0.1) is 0 Å². The highest BCUT2D eigenvalue weighted by atomic mass is 32.2. The maximum absolute atomic E-state index is 13.4. The molecule has 0 saturated carbocycles. The Morgan fingerprint density at radius 3 is 2.44 bits per heavy atom. The summed E-state index contributed by atoms with van der Waals surface area (Å²) in [6.07, 6.45) is 1.94. The molecular formula is C28H33N3O4S. The van der Waals surface area contributed by atoms with Gasteiger partial charge in [-0.1, -0.05) is 43.3 Å². The zero-order chi connectivity index (χ0) is 25.3. The van der Waals surface area contributed by atoms with Gasteiger partial charge in [0.15, 0.2) is 0 Å². The van der Waals surface area contributed by atoms with E-state index >= 15 is 0 Å². The second-order valence-corrected chi connectivity index (χ2v) is 11.7. The molecule has 8 heteroatoms. The van der Waals surface area contributed by atoms with E-state index in [1.54, 1.807) is 29.6 Å². The number of benzene rings is 3. The van der Waals surface area contributed by atoms with Gasteiger partial charge >= 0.3 is 0 Å². The molecule has 3 aromatic carbocycles. The highest BCUT2D eigenvalue weighted by molar-refractivity contribution is 7.89. The van der Waals surface area contributed by atoms with E-state index in [9.17, 15) is 13.2 Å². The Morgan fingerprint density at radius 2 is 1.69 bits per heavy atom. The van der Waals surface area contributed by atoms with Gasteiger partial charge < -0.3 is 14.5 Å². The third kappa shape index (κ3) is 4.67. The predicted molar refractivity (Wildman–Crippen MR) is 142 cm³/mol. The number of piperazine rings is 1. The van der Waals surface area contributed by atoms with Crippen LogP contribution in [0.3, 0.4) is 0 Å². The van der Waals surface area contributed by atoms with Crippen LogP contribution in [0.4, 0.5) is 5.69 Å². The van der Waals surface area contributed by atoms with Crippen LogP contribution in [0.1, 0.15) is 30.1 Å². The Labute approximate surface area is 213 Å². The van der Waals surface area contributed by atoms with E-state index in [0.29, 0.717) is 61.4 Å². The monoisotopic (exact) mass is 507 g/mol. The molecule has 0 aliphatic carbocycles. The summed E-state index contributed by atoms with van der Waals surface area (Å²) in [5.74, 6) is 1.02. The van der Waals surface area contributed by atoms with Crippen LogP contribution in [-0.4, -0.2) is 69.9 Å². The lowest BCUT2D eigenvalue weighted by molar-refractivity contribution is 0.0748. The second kappa shape index (κ2) is 10.1. The van der Waals surface area contributed by atoms with Crippen molar-refractivity contribution in [2.75, 3.05) is 51.3 Å². The molecule has 0 radical (unpaired) electrons. The lowest BCUT2D eigenvalue weighted by Crippen LogP contribution is -2.49. The molecule has 0 bridgehead atoms. The number of methoxy groups -OCH3 is 1. The van der Waals surface area contributed by atoms with Crippen molar-refractivity contribution in [3.63, 3.8) is 0 Å². The maximum atomic E-state index is 13.4. The fourth-order valence-corrected chi connectivity index (χ4v) is 6.94. The van der Waals surface area contributed by atoms with Crippen LogP contribution < -0.4 is 9.64 Å².